The number of nitrogens with one attached hydrogen (secondary N) is 2. The van der Waals surface area contributed by atoms with E-state index in [9.17, 15) is 9.18 Å². The normalized spacial score (nSPS) is 10.3. The van der Waals surface area contributed by atoms with Crippen LogP contribution < -0.4 is 5.32 Å². The average Bonchev–Trinajstić information content (AvgIpc) is 2.68. The van der Waals surface area contributed by atoms with Crippen LogP contribution >= 0.6 is 15.9 Å². The molecule has 4 nitrogen and oxygen atoms in total. The molecule has 0 aliphatic rings. The molecule has 0 unspecified atom stereocenters. The number of anilines is 1. The van der Waals surface area contributed by atoms with Crippen molar-refractivity contribution < 1.29 is 9.18 Å². The van der Waals surface area contributed by atoms with Gasteiger partial charge in [0.15, 0.2) is 0 Å². The first-order valence-electron chi connectivity index (χ1n) is 4.84. The number of rotatable bonds is 2. The predicted molar refractivity (Wildman–Crippen MR) is 65.4 cm³/mol. The standard InChI is InChI=1S/C11H9BrFN3O/c1-6-5-14-16-10(6)15-11(17)8-4-7(12)2-3-9(8)13/h2-5H,1H3,(H2,14,15,16,17). The van der Waals surface area contributed by atoms with Crippen LogP contribution in [0.3, 0.4) is 0 Å². The summed E-state index contributed by atoms with van der Waals surface area (Å²) in [7, 11) is 0. The van der Waals surface area contributed by atoms with E-state index in [2.05, 4.69) is 31.4 Å². The van der Waals surface area contributed by atoms with Crippen LogP contribution in [0.1, 0.15) is 15.9 Å². The van der Waals surface area contributed by atoms with Gasteiger partial charge in [-0.25, -0.2) is 4.39 Å². The Balaban J connectivity index is 2.26. The first kappa shape index (κ1) is 11.8. The summed E-state index contributed by atoms with van der Waals surface area (Å²) in [6.07, 6.45) is 1.58. The van der Waals surface area contributed by atoms with Crippen molar-refractivity contribution in [3.05, 3.63) is 45.8 Å². The lowest BCUT2D eigenvalue weighted by Crippen LogP contribution is -2.14. The second kappa shape index (κ2) is 4.67. The second-order valence-corrected chi connectivity index (χ2v) is 4.42. The van der Waals surface area contributed by atoms with Gasteiger partial charge in [-0.15, -0.1) is 0 Å². The number of benzene rings is 1. The van der Waals surface area contributed by atoms with Gasteiger partial charge in [-0.05, 0) is 25.1 Å². The van der Waals surface area contributed by atoms with Gasteiger partial charge in [0.1, 0.15) is 11.6 Å². The zero-order valence-electron chi connectivity index (χ0n) is 8.92. The third-order valence-electron chi connectivity index (χ3n) is 2.24. The van der Waals surface area contributed by atoms with Crippen LogP contribution in [0, 0.1) is 12.7 Å². The monoisotopic (exact) mass is 297 g/mol. The fraction of sp³-hybridized carbons (Fsp3) is 0.0909. The number of carbonyl (C=O) groups is 1. The molecule has 0 spiro atoms. The van der Waals surface area contributed by atoms with Crippen LogP contribution in [-0.4, -0.2) is 16.1 Å². The number of aromatic amines is 1. The fourth-order valence-corrected chi connectivity index (χ4v) is 1.69. The Hall–Kier alpha value is -1.69. The Kier molecular flexibility index (Phi) is 3.23. The van der Waals surface area contributed by atoms with Gasteiger partial charge in [-0.3, -0.25) is 9.89 Å². The molecule has 88 valence electrons. The Morgan fingerprint density at radius 3 is 2.94 bits per heavy atom. The molecule has 0 saturated carbocycles. The van der Waals surface area contributed by atoms with Crippen molar-refractivity contribution in [2.24, 2.45) is 0 Å². The van der Waals surface area contributed by atoms with Crippen molar-refractivity contribution in [1.82, 2.24) is 10.2 Å². The smallest absolute Gasteiger partial charge is 0.259 e. The molecule has 0 fully saturated rings. The molecule has 0 aliphatic carbocycles. The van der Waals surface area contributed by atoms with Gasteiger partial charge in [-0.1, -0.05) is 15.9 Å². The number of carbonyl (C=O) groups excluding carboxylic acids is 1. The fourth-order valence-electron chi connectivity index (χ4n) is 1.33. The van der Waals surface area contributed by atoms with Crippen molar-refractivity contribution in [3.8, 4) is 0 Å². The van der Waals surface area contributed by atoms with Crippen molar-refractivity contribution in [1.29, 1.82) is 0 Å². The van der Waals surface area contributed by atoms with Crippen molar-refractivity contribution >= 4 is 27.7 Å². The second-order valence-electron chi connectivity index (χ2n) is 3.51. The van der Waals surface area contributed by atoms with E-state index < -0.39 is 11.7 Å². The van der Waals surface area contributed by atoms with Gasteiger partial charge in [0.2, 0.25) is 0 Å². The Bertz CT molecular complexity index is 568. The van der Waals surface area contributed by atoms with Crippen LogP contribution in [0.15, 0.2) is 28.9 Å². The highest BCUT2D eigenvalue weighted by Crippen LogP contribution is 2.17. The van der Waals surface area contributed by atoms with E-state index in [1.54, 1.807) is 13.1 Å². The first-order valence-corrected chi connectivity index (χ1v) is 5.63. The summed E-state index contributed by atoms with van der Waals surface area (Å²) in [5, 5.41) is 8.95. The maximum atomic E-state index is 13.4. The number of aromatic nitrogens is 2. The molecule has 0 radical (unpaired) electrons. The Labute approximate surface area is 105 Å². The molecule has 6 heteroatoms. The van der Waals surface area contributed by atoms with E-state index in [0.29, 0.717) is 10.3 Å². The molecule has 2 aromatic rings. The zero-order chi connectivity index (χ0) is 12.4. The van der Waals surface area contributed by atoms with E-state index in [1.807, 2.05) is 0 Å². The topological polar surface area (TPSA) is 57.8 Å². The summed E-state index contributed by atoms with van der Waals surface area (Å²) < 4.78 is 14.1. The number of hydrogen-bond donors (Lipinski definition) is 2. The summed E-state index contributed by atoms with van der Waals surface area (Å²) in [4.78, 5) is 11.8. The average molecular weight is 298 g/mol. The minimum atomic E-state index is -0.567. The molecule has 2 rings (SSSR count). The van der Waals surface area contributed by atoms with Crippen LogP contribution in [0.2, 0.25) is 0 Å². The van der Waals surface area contributed by atoms with E-state index in [0.717, 1.165) is 5.56 Å². The number of nitrogens with zero attached hydrogens (tertiary/aromatic N) is 1. The summed E-state index contributed by atoms with van der Waals surface area (Å²) in [5.74, 6) is -0.617. The van der Waals surface area contributed by atoms with Gasteiger partial charge >= 0.3 is 0 Å². The lowest BCUT2D eigenvalue weighted by Gasteiger charge is -2.05. The maximum absolute atomic E-state index is 13.4. The zero-order valence-corrected chi connectivity index (χ0v) is 10.5. The third-order valence-corrected chi connectivity index (χ3v) is 2.73. The lowest BCUT2D eigenvalue weighted by molar-refractivity contribution is 0.102. The predicted octanol–water partition coefficient (Wildman–Crippen LogP) is 2.87. The van der Waals surface area contributed by atoms with Gasteiger partial charge in [-0.2, -0.15) is 5.10 Å². The molecule has 1 aromatic heterocycles. The maximum Gasteiger partial charge on any atom is 0.259 e. The van der Waals surface area contributed by atoms with Crippen LogP contribution in [0.5, 0.6) is 0 Å². The number of amides is 1. The highest BCUT2D eigenvalue weighted by Gasteiger charge is 2.13. The largest absolute Gasteiger partial charge is 0.307 e. The lowest BCUT2D eigenvalue weighted by atomic mass is 10.2. The van der Waals surface area contributed by atoms with E-state index in [-0.39, 0.29) is 5.56 Å². The first-order chi connectivity index (χ1) is 8.08. The highest BCUT2D eigenvalue weighted by atomic mass is 79.9. The van der Waals surface area contributed by atoms with Gasteiger partial charge in [0, 0.05) is 10.0 Å². The quantitative estimate of drug-likeness (QED) is 0.895. The van der Waals surface area contributed by atoms with Crippen LogP contribution in [-0.2, 0) is 0 Å². The molecule has 1 amide bonds. The Morgan fingerprint density at radius 2 is 2.29 bits per heavy atom. The molecule has 1 heterocycles. The van der Waals surface area contributed by atoms with Crippen molar-refractivity contribution in [2.45, 2.75) is 6.92 Å². The van der Waals surface area contributed by atoms with E-state index in [1.165, 1.54) is 18.2 Å². The van der Waals surface area contributed by atoms with Crippen molar-refractivity contribution in [2.75, 3.05) is 5.32 Å². The van der Waals surface area contributed by atoms with Gasteiger partial charge < -0.3 is 5.32 Å². The number of aryl methyl sites for hydroxylation is 1. The van der Waals surface area contributed by atoms with Gasteiger partial charge in [0.25, 0.3) is 5.91 Å². The minimum absolute atomic E-state index is 0.0200. The Morgan fingerprint density at radius 1 is 1.53 bits per heavy atom. The number of hydrogen-bond acceptors (Lipinski definition) is 2. The molecule has 2 N–H and O–H groups in total. The summed E-state index contributed by atoms with van der Waals surface area (Å²) in [6.45, 7) is 1.79. The molecule has 1 aromatic carbocycles. The van der Waals surface area contributed by atoms with Gasteiger partial charge in [0.05, 0.1) is 11.8 Å². The minimum Gasteiger partial charge on any atom is -0.307 e. The summed E-state index contributed by atoms with van der Waals surface area (Å²) >= 11 is 3.19. The van der Waals surface area contributed by atoms with E-state index >= 15 is 0 Å². The molecule has 0 bridgehead atoms. The molecule has 0 saturated heterocycles. The highest BCUT2D eigenvalue weighted by molar-refractivity contribution is 9.10. The summed E-state index contributed by atoms with van der Waals surface area (Å²) in [6, 6.07) is 4.20. The van der Waals surface area contributed by atoms with Crippen molar-refractivity contribution in [3.63, 3.8) is 0 Å². The molecule has 0 atom stereocenters. The molecule has 17 heavy (non-hydrogen) atoms. The molecular formula is C11H9BrFN3O. The van der Waals surface area contributed by atoms with Crippen LogP contribution in [0.4, 0.5) is 10.2 Å². The van der Waals surface area contributed by atoms with Crippen LogP contribution in [0.25, 0.3) is 0 Å². The third kappa shape index (κ3) is 2.52. The number of H-pyrrole nitrogens is 1. The molecule has 0 aliphatic heterocycles. The molecular weight excluding hydrogens is 289 g/mol. The number of halogens is 2. The van der Waals surface area contributed by atoms with E-state index in [4.69, 9.17) is 0 Å². The summed E-state index contributed by atoms with van der Waals surface area (Å²) in [5.41, 5.74) is 0.766. The SMILES string of the molecule is Cc1cn[nH]c1NC(=O)c1cc(Br)ccc1F.